The Labute approximate surface area is 169 Å². The Kier molecular flexibility index (Phi) is 4.02. The highest BCUT2D eigenvalue weighted by Crippen LogP contribution is 2.30. The van der Waals surface area contributed by atoms with E-state index in [1.807, 2.05) is 10.6 Å². The van der Waals surface area contributed by atoms with Crippen molar-refractivity contribution in [3.8, 4) is 11.5 Å². The Morgan fingerprint density at radius 3 is 2.63 bits per heavy atom. The zero-order valence-corrected chi connectivity index (χ0v) is 15.9. The van der Waals surface area contributed by atoms with Gasteiger partial charge in [-0.1, -0.05) is 12.1 Å². The van der Waals surface area contributed by atoms with Gasteiger partial charge in [0.05, 0.1) is 27.9 Å². The van der Waals surface area contributed by atoms with Crippen LogP contribution < -0.4 is 5.32 Å². The molecular weight excluding hydrogens is 390 g/mol. The molecule has 0 bridgehead atoms. The summed E-state index contributed by atoms with van der Waals surface area (Å²) >= 11 is 0. The van der Waals surface area contributed by atoms with Crippen molar-refractivity contribution < 1.29 is 18.4 Å². The van der Waals surface area contributed by atoms with E-state index in [0.717, 1.165) is 17.6 Å². The first-order valence-corrected chi connectivity index (χ1v) is 9.38. The number of halogens is 2. The molecule has 1 aliphatic heterocycles. The maximum absolute atomic E-state index is 14.1. The van der Waals surface area contributed by atoms with Crippen molar-refractivity contribution >= 4 is 22.7 Å². The lowest BCUT2D eigenvalue weighted by molar-refractivity contribution is 0.0955. The summed E-state index contributed by atoms with van der Waals surface area (Å²) in [5.74, 6) is -2.14. The fourth-order valence-electron chi connectivity index (χ4n) is 3.93. The summed E-state index contributed by atoms with van der Waals surface area (Å²) in [4.78, 5) is 29.8. The monoisotopic (exact) mass is 406 g/mol. The van der Waals surface area contributed by atoms with Crippen molar-refractivity contribution in [2.75, 3.05) is 6.54 Å². The van der Waals surface area contributed by atoms with Crippen LogP contribution in [0, 0.1) is 11.6 Å². The van der Waals surface area contributed by atoms with E-state index in [9.17, 15) is 18.4 Å². The van der Waals surface area contributed by atoms with Crippen LogP contribution in [0.5, 0.6) is 0 Å². The lowest BCUT2D eigenvalue weighted by Gasteiger charge is -2.07. The SMILES string of the molecule is Cn1cc(C(=O)c2c(F)cccc2F)cc1-c1nc2cccc3c2n1CCNC3=O. The number of rotatable bonds is 3. The molecule has 0 unspecified atom stereocenters. The molecule has 8 heteroatoms. The molecule has 4 aromatic rings. The van der Waals surface area contributed by atoms with E-state index in [-0.39, 0.29) is 11.5 Å². The minimum absolute atomic E-state index is 0.152. The Hall–Kier alpha value is -3.81. The summed E-state index contributed by atoms with van der Waals surface area (Å²) < 4.78 is 31.8. The molecule has 0 saturated carbocycles. The highest BCUT2D eigenvalue weighted by atomic mass is 19.1. The summed E-state index contributed by atoms with van der Waals surface area (Å²) in [6, 6.07) is 10.2. The van der Waals surface area contributed by atoms with Crippen LogP contribution in [-0.4, -0.2) is 32.4 Å². The number of benzene rings is 2. The number of carbonyl (C=O) groups excluding carboxylic acids is 2. The van der Waals surface area contributed by atoms with Crippen LogP contribution in [0.15, 0.2) is 48.7 Å². The summed E-state index contributed by atoms with van der Waals surface area (Å²) in [5, 5.41) is 2.86. The topological polar surface area (TPSA) is 68.9 Å². The van der Waals surface area contributed by atoms with Gasteiger partial charge >= 0.3 is 0 Å². The lowest BCUT2D eigenvalue weighted by atomic mass is 10.0. The Morgan fingerprint density at radius 1 is 1.13 bits per heavy atom. The molecule has 1 N–H and O–H groups in total. The third-order valence-corrected chi connectivity index (χ3v) is 5.32. The van der Waals surface area contributed by atoms with Crippen LogP contribution in [0.4, 0.5) is 8.78 Å². The molecule has 5 rings (SSSR count). The first kappa shape index (κ1) is 18.2. The number of nitrogens with zero attached hydrogens (tertiary/aromatic N) is 3. The van der Waals surface area contributed by atoms with E-state index < -0.39 is 23.0 Å². The first-order chi connectivity index (χ1) is 14.5. The lowest BCUT2D eigenvalue weighted by Crippen LogP contribution is -2.24. The number of nitrogens with one attached hydrogen (secondary N) is 1. The van der Waals surface area contributed by atoms with Gasteiger partial charge in [0.25, 0.3) is 5.91 Å². The van der Waals surface area contributed by atoms with Crippen LogP contribution in [0.2, 0.25) is 0 Å². The van der Waals surface area contributed by atoms with Crippen LogP contribution in [0.25, 0.3) is 22.6 Å². The largest absolute Gasteiger partial charge is 0.350 e. The van der Waals surface area contributed by atoms with Crippen molar-refractivity contribution in [1.82, 2.24) is 19.4 Å². The van der Waals surface area contributed by atoms with E-state index >= 15 is 0 Å². The Balaban J connectivity index is 1.67. The maximum Gasteiger partial charge on any atom is 0.253 e. The number of amides is 1. The van der Waals surface area contributed by atoms with Crippen LogP contribution in [-0.2, 0) is 13.6 Å². The quantitative estimate of drug-likeness (QED) is 0.531. The van der Waals surface area contributed by atoms with Gasteiger partial charge in [0.15, 0.2) is 11.6 Å². The van der Waals surface area contributed by atoms with E-state index in [4.69, 9.17) is 0 Å². The van der Waals surface area contributed by atoms with Gasteiger partial charge in [-0.05, 0) is 30.3 Å². The summed E-state index contributed by atoms with van der Waals surface area (Å²) in [6.07, 6.45) is 1.52. The number of carbonyl (C=O) groups is 2. The third kappa shape index (κ3) is 2.64. The molecule has 30 heavy (non-hydrogen) atoms. The summed E-state index contributed by atoms with van der Waals surface area (Å²) in [6.45, 7) is 0.938. The Bertz CT molecular complexity index is 1330. The van der Waals surface area contributed by atoms with Crippen LogP contribution in [0.1, 0.15) is 26.3 Å². The van der Waals surface area contributed by atoms with Gasteiger partial charge in [0.2, 0.25) is 0 Å². The molecule has 6 nitrogen and oxygen atoms in total. The third-order valence-electron chi connectivity index (χ3n) is 5.32. The number of ketones is 1. The number of para-hydroxylation sites is 1. The van der Waals surface area contributed by atoms with Crippen molar-refractivity contribution in [3.63, 3.8) is 0 Å². The average Bonchev–Trinajstić information content (AvgIpc) is 3.22. The number of aryl methyl sites for hydroxylation is 1. The minimum atomic E-state index is -0.905. The molecule has 0 spiro atoms. The van der Waals surface area contributed by atoms with Gasteiger partial charge in [-0.15, -0.1) is 0 Å². The molecule has 1 aliphatic rings. The number of hydrogen-bond donors (Lipinski definition) is 1. The van der Waals surface area contributed by atoms with E-state index in [0.29, 0.717) is 35.7 Å². The van der Waals surface area contributed by atoms with Gasteiger partial charge in [-0.3, -0.25) is 9.59 Å². The molecule has 3 heterocycles. The molecule has 150 valence electrons. The number of hydrogen-bond acceptors (Lipinski definition) is 3. The van der Waals surface area contributed by atoms with Gasteiger partial charge in [-0.25, -0.2) is 13.8 Å². The van der Waals surface area contributed by atoms with Crippen LogP contribution in [0.3, 0.4) is 0 Å². The van der Waals surface area contributed by atoms with Crippen molar-refractivity contribution in [1.29, 1.82) is 0 Å². The van der Waals surface area contributed by atoms with Crippen molar-refractivity contribution in [2.45, 2.75) is 6.54 Å². The molecule has 2 aromatic carbocycles. The normalized spacial score (nSPS) is 13.4. The van der Waals surface area contributed by atoms with Crippen LogP contribution >= 0.6 is 0 Å². The predicted molar refractivity (Wildman–Crippen MR) is 106 cm³/mol. The molecule has 2 aromatic heterocycles. The molecule has 1 amide bonds. The van der Waals surface area contributed by atoms with Gasteiger partial charge in [0, 0.05) is 31.9 Å². The standard InChI is InChI=1S/C22H16F2N4O2/c1-27-11-12(20(29)18-14(23)5-3-6-15(18)24)10-17(27)21-26-16-7-2-4-13-19(16)28(21)9-8-25-22(13)30/h2-7,10-11H,8-9H2,1H3,(H,25,30). The molecule has 0 saturated heterocycles. The second-order valence-electron chi connectivity index (χ2n) is 7.17. The fourth-order valence-corrected chi connectivity index (χ4v) is 3.93. The smallest absolute Gasteiger partial charge is 0.253 e. The van der Waals surface area contributed by atoms with Crippen molar-refractivity contribution in [2.24, 2.45) is 7.05 Å². The fraction of sp³-hybridized carbons (Fsp3) is 0.136. The van der Waals surface area contributed by atoms with Crippen molar-refractivity contribution in [3.05, 3.63) is 77.0 Å². The Morgan fingerprint density at radius 2 is 1.87 bits per heavy atom. The minimum Gasteiger partial charge on any atom is -0.350 e. The summed E-state index contributed by atoms with van der Waals surface area (Å²) in [5.41, 5.74) is 2.08. The molecule has 0 fully saturated rings. The predicted octanol–water partition coefficient (Wildman–Crippen LogP) is 3.29. The zero-order valence-electron chi connectivity index (χ0n) is 15.9. The highest BCUT2D eigenvalue weighted by Gasteiger charge is 2.25. The number of imidazole rings is 1. The molecule has 0 radical (unpaired) electrons. The van der Waals surface area contributed by atoms with E-state index in [1.165, 1.54) is 12.3 Å². The van der Waals surface area contributed by atoms with E-state index in [2.05, 4.69) is 10.3 Å². The summed E-state index contributed by atoms with van der Waals surface area (Å²) in [7, 11) is 1.73. The van der Waals surface area contributed by atoms with Gasteiger partial charge < -0.3 is 14.5 Å². The maximum atomic E-state index is 14.1. The van der Waals surface area contributed by atoms with Gasteiger partial charge in [-0.2, -0.15) is 0 Å². The van der Waals surface area contributed by atoms with E-state index in [1.54, 1.807) is 29.8 Å². The molecular formula is C22H16F2N4O2. The second kappa shape index (κ2) is 6.62. The first-order valence-electron chi connectivity index (χ1n) is 9.38. The number of aromatic nitrogens is 3. The highest BCUT2D eigenvalue weighted by molar-refractivity contribution is 6.10. The average molecular weight is 406 g/mol. The second-order valence-corrected chi connectivity index (χ2v) is 7.17. The molecule has 0 atom stereocenters. The molecule has 0 aliphatic carbocycles. The van der Waals surface area contributed by atoms with Gasteiger partial charge in [0.1, 0.15) is 11.6 Å². The zero-order chi connectivity index (χ0) is 21.0.